The molecule has 0 atom stereocenters. The third-order valence-electron chi connectivity index (χ3n) is 4.02. The Balaban J connectivity index is 1.58. The number of nitrogens with one attached hydrogen (secondary N) is 1. The maximum Gasteiger partial charge on any atom is 0.255 e. The zero-order valence-corrected chi connectivity index (χ0v) is 14.1. The van der Waals surface area contributed by atoms with Gasteiger partial charge in [0.05, 0.1) is 7.11 Å². The van der Waals surface area contributed by atoms with Crippen LogP contribution in [0.5, 0.6) is 5.75 Å². The fraction of sp³-hybridized carbons (Fsp3) is 0.0476. The van der Waals surface area contributed by atoms with Crippen molar-refractivity contribution in [1.82, 2.24) is 4.98 Å². The van der Waals surface area contributed by atoms with Gasteiger partial charge >= 0.3 is 0 Å². The van der Waals surface area contributed by atoms with E-state index in [2.05, 4.69) is 10.3 Å². The third kappa shape index (κ3) is 3.15. The van der Waals surface area contributed by atoms with Crippen molar-refractivity contribution in [1.29, 1.82) is 0 Å². The van der Waals surface area contributed by atoms with Crippen LogP contribution >= 0.6 is 0 Å². The number of hydrogen-bond acceptors (Lipinski definition) is 4. The van der Waals surface area contributed by atoms with Gasteiger partial charge in [0.25, 0.3) is 5.91 Å². The van der Waals surface area contributed by atoms with E-state index >= 15 is 0 Å². The van der Waals surface area contributed by atoms with Gasteiger partial charge in [-0.25, -0.2) is 4.98 Å². The van der Waals surface area contributed by atoms with Crippen LogP contribution in [0.4, 0.5) is 5.69 Å². The van der Waals surface area contributed by atoms with Crippen molar-refractivity contribution in [3.8, 4) is 17.2 Å². The summed E-state index contributed by atoms with van der Waals surface area (Å²) in [5.41, 5.74) is 3.48. The second-order valence-corrected chi connectivity index (χ2v) is 5.75. The highest BCUT2D eigenvalue weighted by molar-refractivity contribution is 6.05. The second-order valence-electron chi connectivity index (χ2n) is 5.75. The van der Waals surface area contributed by atoms with Gasteiger partial charge in [0.2, 0.25) is 5.89 Å². The lowest BCUT2D eigenvalue weighted by molar-refractivity contribution is 0.102. The summed E-state index contributed by atoms with van der Waals surface area (Å²) in [5, 5.41) is 2.88. The molecule has 0 saturated carbocycles. The first-order valence-corrected chi connectivity index (χ1v) is 8.14. The number of rotatable bonds is 4. The van der Waals surface area contributed by atoms with Crippen LogP contribution in [0.1, 0.15) is 10.4 Å². The topological polar surface area (TPSA) is 64.4 Å². The molecule has 1 amide bonds. The van der Waals surface area contributed by atoms with Crippen molar-refractivity contribution < 1.29 is 13.9 Å². The minimum atomic E-state index is -0.196. The van der Waals surface area contributed by atoms with Crippen LogP contribution < -0.4 is 10.1 Å². The summed E-state index contributed by atoms with van der Waals surface area (Å²) < 4.78 is 10.9. The number of nitrogens with zero attached hydrogens (tertiary/aromatic N) is 1. The Morgan fingerprint density at radius 3 is 2.50 bits per heavy atom. The highest BCUT2D eigenvalue weighted by atomic mass is 16.5. The number of methoxy groups -OCH3 is 1. The summed E-state index contributed by atoms with van der Waals surface area (Å²) in [6.07, 6.45) is 0. The molecular formula is C21H16N2O3. The number of aromatic nitrogens is 1. The summed E-state index contributed by atoms with van der Waals surface area (Å²) in [6.45, 7) is 0. The van der Waals surface area contributed by atoms with Crippen molar-refractivity contribution in [2.45, 2.75) is 0 Å². The number of oxazole rings is 1. The van der Waals surface area contributed by atoms with Gasteiger partial charge in [0.1, 0.15) is 11.3 Å². The fourth-order valence-electron chi connectivity index (χ4n) is 2.66. The highest BCUT2D eigenvalue weighted by Gasteiger charge is 2.11. The van der Waals surface area contributed by atoms with Crippen molar-refractivity contribution in [2.24, 2.45) is 0 Å². The van der Waals surface area contributed by atoms with E-state index in [-0.39, 0.29) is 5.91 Å². The average Bonchev–Trinajstić information content (AvgIpc) is 3.12. The number of hydrogen-bond donors (Lipinski definition) is 1. The molecule has 5 heteroatoms. The van der Waals surface area contributed by atoms with E-state index in [9.17, 15) is 4.79 Å². The smallest absolute Gasteiger partial charge is 0.255 e. The molecule has 128 valence electrons. The lowest BCUT2D eigenvalue weighted by Gasteiger charge is -2.06. The highest BCUT2D eigenvalue weighted by Crippen LogP contribution is 2.26. The molecule has 1 aromatic heterocycles. The number of fused-ring (bicyclic) bond motifs is 1. The lowest BCUT2D eigenvalue weighted by atomic mass is 10.2. The van der Waals surface area contributed by atoms with Crippen LogP contribution in [0.15, 0.2) is 77.2 Å². The predicted molar refractivity (Wildman–Crippen MR) is 100 cm³/mol. The van der Waals surface area contributed by atoms with E-state index in [1.165, 1.54) is 0 Å². The molecule has 0 aliphatic heterocycles. The largest absolute Gasteiger partial charge is 0.497 e. The van der Waals surface area contributed by atoms with Crippen LogP contribution in [0.3, 0.4) is 0 Å². The van der Waals surface area contributed by atoms with Crippen LogP contribution in [-0.2, 0) is 0 Å². The summed E-state index contributed by atoms with van der Waals surface area (Å²) in [5.74, 6) is 1.07. The van der Waals surface area contributed by atoms with E-state index in [4.69, 9.17) is 9.15 Å². The molecule has 0 radical (unpaired) electrons. The molecule has 4 rings (SSSR count). The molecule has 5 nitrogen and oxygen atoms in total. The minimum absolute atomic E-state index is 0.196. The predicted octanol–water partition coefficient (Wildman–Crippen LogP) is 4.76. The van der Waals surface area contributed by atoms with Gasteiger partial charge in [-0.3, -0.25) is 4.79 Å². The van der Waals surface area contributed by atoms with Crippen molar-refractivity contribution in [2.75, 3.05) is 12.4 Å². The Labute approximate surface area is 150 Å². The molecule has 4 aromatic rings. The molecule has 0 spiro atoms. The van der Waals surface area contributed by atoms with Crippen molar-refractivity contribution in [3.63, 3.8) is 0 Å². The maximum atomic E-state index is 12.4. The first kappa shape index (κ1) is 15.9. The zero-order valence-electron chi connectivity index (χ0n) is 14.1. The van der Waals surface area contributed by atoms with Gasteiger partial charge in [-0.2, -0.15) is 0 Å². The van der Waals surface area contributed by atoms with Crippen LogP contribution in [-0.4, -0.2) is 18.0 Å². The van der Waals surface area contributed by atoms with Crippen LogP contribution in [0, 0.1) is 0 Å². The van der Waals surface area contributed by atoms with Gasteiger partial charge in [-0.1, -0.05) is 18.2 Å². The molecule has 0 unspecified atom stereocenters. The van der Waals surface area contributed by atoms with E-state index in [0.29, 0.717) is 34.0 Å². The Bertz CT molecular complexity index is 1050. The number of carbonyl (C=O) groups excluding carboxylic acids is 1. The standard InChI is InChI=1S/C21H16N2O3/c1-25-17-10-7-14(8-11-17)20(24)22-16-9-12-19-18(13-16)23-21(26-19)15-5-3-2-4-6-15/h2-13H,1H3,(H,22,24). The SMILES string of the molecule is COc1ccc(C(=O)Nc2ccc3oc(-c4ccccc4)nc3c2)cc1. The fourth-order valence-corrected chi connectivity index (χ4v) is 2.66. The van der Waals surface area contributed by atoms with E-state index in [1.807, 2.05) is 30.3 Å². The Morgan fingerprint density at radius 1 is 1.00 bits per heavy atom. The summed E-state index contributed by atoms with van der Waals surface area (Å²) >= 11 is 0. The van der Waals surface area contributed by atoms with Crippen LogP contribution in [0.2, 0.25) is 0 Å². The van der Waals surface area contributed by atoms with E-state index in [1.54, 1.807) is 49.6 Å². The molecular weight excluding hydrogens is 328 g/mol. The Morgan fingerprint density at radius 2 is 1.77 bits per heavy atom. The molecule has 3 aromatic carbocycles. The second kappa shape index (κ2) is 6.72. The lowest BCUT2D eigenvalue weighted by Crippen LogP contribution is -2.11. The molecule has 0 saturated heterocycles. The number of benzene rings is 3. The Hall–Kier alpha value is -3.60. The molecule has 0 fully saturated rings. The van der Waals surface area contributed by atoms with Crippen molar-refractivity contribution in [3.05, 3.63) is 78.4 Å². The van der Waals surface area contributed by atoms with Crippen molar-refractivity contribution >= 4 is 22.7 Å². The molecule has 1 heterocycles. The summed E-state index contributed by atoms with van der Waals surface area (Å²) in [7, 11) is 1.59. The first-order chi connectivity index (χ1) is 12.7. The number of anilines is 1. The zero-order chi connectivity index (χ0) is 17.9. The molecule has 0 bridgehead atoms. The van der Waals surface area contributed by atoms with Gasteiger partial charge in [-0.05, 0) is 54.6 Å². The quantitative estimate of drug-likeness (QED) is 0.580. The van der Waals surface area contributed by atoms with Gasteiger partial charge in [0.15, 0.2) is 5.58 Å². The number of amides is 1. The third-order valence-corrected chi connectivity index (χ3v) is 4.02. The number of carbonyl (C=O) groups is 1. The molecule has 0 aliphatic carbocycles. The molecule has 26 heavy (non-hydrogen) atoms. The summed E-state index contributed by atoms with van der Waals surface area (Å²) in [4.78, 5) is 16.9. The Kier molecular flexibility index (Phi) is 4.11. The monoisotopic (exact) mass is 344 g/mol. The first-order valence-electron chi connectivity index (χ1n) is 8.14. The van der Waals surface area contributed by atoms with Gasteiger partial charge < -0.3 is 14.5 Å². The minimum Gasteiger partial charge on any atom is -0.497 e. The van der Waals surface area contributed by atoms with E-state index in [0.717, 1.165) is 5.56 Å². The molecule has 1 N–H and O–H groups in total. The van der Waals surface area contributed by atoms with Gasteiger partial charge in [0, 0.05) is 16.8 Å². The maximum absolute atomic E-state index is 12.4. The van der Waals surface area contributed by atoms with Crippen LogP contribution in [0.25, 0.3) is 22.6 Å². The van der Waals surface area contributed by atoms with Gasteiger partial charge in [-0.15, -0.1) is 0 Å². The number of ether oxygens (including phenoxy) is 1. The van der Waals surface area contributed by atoms with E-state index < -0.39 is 0 Å². The normalized spacial score (nSPS) is 10.7. The average molecular weight is 344 g/mol. The summed E-state index contributed by atoms with van der Waals surface area (Å²) in [6, 6.07) is 22.0. The molecule has 0 aliphatic rings.